The summed E-state index contributed by atoms with van der Waals surface area (Å²) in [6.45, 7) is 3.96. The van der Waals surface area contributed by atoms with Crippen LogP contribution >= 0.6 is 0 Å². The maximum absolute atomic E-state index is 11.7. The molecule has 82 valence electrons. The summed E-state index contributed by atoms with van der Waals surface area (Å²) in [6, 6.07) is 7.29. The molecule has 0 radical (unpaired) electrons. The van der Waals surface area contributed by atoms with Gasteiger partial charge in [0, 0.05) is 11.8 Å². The maximum Gasteiger partial charge on any atom is 0.294 e. The number of hydrogen-bond acceptors (Lipinski definition) is 3. The number of amides is 1. The van der Waals surface area contributed by atoms with Crippen molar-refractivity contribution >= 4 is 11.6 Å². The lowest BCUT2D eigenvalue weighted by molar-refractivity contribution is 0.0988. The second-order valence-corrected chi connectivity index (χ2v) is 3.58. The average molecular weight is 216 g/mol. The van der Waals surface area contributed by atoms with Crippen LogP contribution < -0.4 is 5.32 Å². The monoisotopic (exact) mass is 216 g/mol. The summed E-state index contributed by atoms with van der Waals surface area (Å²) in [4.78, 5) is 11.7. The van der Waals surface area contributed by atoms with Gasteiger partial charge in [-0.1, -0.05) is 17.3 Å². The van der Waals surface area contributed by atoms with E-state index in [2.05, 4.69) is 10.5 Å². The third-order valence-corrected chi connectivity index (χ3v) is 2.51. The fourth-order valence-electron chi connectivity index (χ4n) is 1.40. The number of aromatic nitrogens is 1. The fourth-order valence-corrected chi connectivity index (χ4v) is 1.40. The topological polar surface area (TPSA) is 55.1 Å². The summed E-state index contributed by atoms with van der Waals surface area (Å²) in [5, 5.41) is 6.27. The van der Waals surface area contributed by atoms with Gasteiger partial charge in [0.2, 0.25) is 5.76 Å². The van der Waals surface area contributed by atoms with Gasteiger partial charge >= 0.3 is 0 Å². The molecule has 0 fully saturated rings. The second-order valence-electron chi connectivity index (χ2n) is 3.58. The Morgan fingerprint density at radius 2 is 2.12 bits per heavy atom. The van der Waals surface area contributed by atoms with E-state index in [0.29, 0.717) is 0 Å². The van der Waals surface area contributed by atoms with Crippen molar-refractivity contribution in [2.75, 3.05) is 5.32 Å². The van der Waals surface area contributed by atoms with Gasteiger partial charge < -0.3 is 9.84 Å². The van der Waals surface area contributed by atoms with Crippen molar-refractivity contribution in [3.63, 3.8) is 0 Å². The first-order valence-electron chi connectivity index (χ1n) is 4.97. The lowest BCUT2D eigenvalue weighted by Crippen LogP contribution is -2.12. The molecule has 0 spiro atoms. The summed E-state index contributed by atoms with van der Waals surface area (Å²) in [5.74, 6) is -0.0768. The molecule has 0 bridgehead atoms. The van der Waals surface area contributed by atoms with Crippen LogP contribution in [0.2, 0.25) is 0 Å². The van der Waals surface area contributed by atoms with Crippen molar-refractivity contribution in [3.05, 3.63) is 47.3 Å². The van der Waals surface area contributed by atoms with Crippen LogP contribution in [0.3, 0.4) is 0 Å². The van der Waals surface area contributed by atoms with Gasteiger partial charge in [-0.3, -0.25) is 4.79 Å². The average Bonchev–Trinajstić information content (AvgIpc) is 2.78. The van der Waals surface area contributed by atoms with E-state index in [0.717, 1.165) is 16.8 Å². The molecule has 0 aliphatic carbocycles. The summed E-state index contributed by atoms with van der Waals surface area (Å²) in [6.07, 6.45) is 1.44. The zero-order chi connectivity index (χ0) is 11.5. The van der Waals surface area contributed by atoms with Crippen LogP contribution in [0.4, 0.5) is 5.69 Å². The minimum Gasteiger partial charge on any atom is -0.351 e. The van der Waals surface area contributed by atoms with Crippen LogP contribution in [0.5, 0.6) is 0 Å². The van der Waals surface area contributed by atoms with Crippen molar-refractivity contribution in [3.8, 4) is 0 Å². The third kappa shape index (κ3) is 1.95. The summed E-state index contributed by atoms with van der Waals surface area (Å²) in [5.41, 5.74) is 2.98. The number of carbonyl (C=O) groups is 1. The standard InChI is InChI=1S/C12H12N2O2/c1-8-4-3-5-10(9(8)2)14-12(15)11-6-7-13-16-11/h3-7H,1-2H3,(H,14,15). The predicted molar refractivity (Wildman–Crippen MR) is 60.4 cm³/mol. The molecule has 1 amide bonds. The van der Waals surface area contributed by atoms with Gasteiger partial charge in [0.25, 0.3) is 5.91 Å². The van der Waals surface area contributed by atoms with E-state index in [4.69, 9.17) is 4.52 Å². The molecule has 2 aromatic rings. The van der Waals surface area contributed by atoms with Crippen LogP contribution in [-0.2, 0) is 0 Å². The lowest BCUT2D eigenvalue weighted by Gasteiger charge is -2.08. The van der Waals surface area contributed by atoms with Crippen LogP contribution in [0.25, 0.3) is 0 Å². The molecule has 0 saturated carbocycles. The first-order chi connectivity index (χ1) is 7.68. The Bertz CT molecular complexity index is 504. The van der Waals surface area contributed by atoms with Crippen LogP contribution in [0, 0.1) is 13.8 Å². The van der Waals surface area contributed by atoms with Gasteiger partial charge in [-0.25, -0.2) is 0 Å². The smallest absolute Gasteiger partial charge is 0.294 e. The number of carbonyl (C=O) groups excluding carboxylic acids is 1. The van der Waals surface area contributed by atoms with E-state index in [9.17, 15) is 4.79 Å². The Labute approximate surface area is 93.3 Å². The Hall–Kier alpha value is -2.10. The number of hydrogen-bond donors (Lipinski definition) is 1. The van der Waals surface area contributed by atoms with Crippen molar-refractivity contribution in [2.45, 2.75) is 13.8 Å². The van der Waals surface area contributed by atoms with Gasteiger partial charge in [0.05, 0.1) is 6.20 Å². The molecule has 0 aliphatic rings. The van der Waals surface area contributed by atoms with Gasteiger partial charge in [-0.15, -0.1) is 0 Å². The normalized spacial score (nSPS) is 10.1. The predicted octanol–water partition coefficient (Wildman–Crippen LogP) is 2.54. The van der Waals surface area contributed by atoms with Crippen molar-refractivity contribution in [1.29, 1.82) is 0 Å². The zero-order valence-corrected chi connectivity index (χ0v) is 9.15. The first kappa shape index (κ1) is 10.4. The van der Waals surface area contributed by atoms with E-state index in [1.54, 1.807) is 0 Å². The van der Waals surface area contributed by atoms with Crippen LogP contribution in [-0.4, -0.2) is 11.1 Å². The Balaban J connectivity index is 2.22. The Morgan fingerprint density at radius 3 is 2.81 bits per heavy atom. The van der Waals surface area contributed by atoms with Crippen molar-refractivity contribution in [1.82, 2.24) is 5.16 Å². The van der Waals surface area contributed by atoms with Crippen molar-refractivity contribution < 1.29 is 9.32 Å². The number of aryl methyl sites for hydroxylation is 1. The van der Waals surface area contributed by atoms with Crippen LogP contribution in [0.15, 0.2) is 35.0 Å². The molecule has 1 N–H and O–H groups in total. The summed E-state index contributed by atoms with van der Waals surface area (Å²) < 4.78 is 4.78. The largest absolute Gasteiger partial charge is 0.351 e. The van der Waals surface area contributed by atoms with E-state index in [1.165, 1.54) is 12.3 Å². The van der Waals surface area contributed by atoms with Crippen LogP contribution in [0.1, 0.15) is 21.7 Å². The lowest BCUT2D eigenvalue weighted by atomic mass is 10.1. The van der Waals surface area contributed by atoms with Gasteiger partial charge in [-0.2, -0.15) is 0 Å². The maximum atomic E-state index is 11.7. The molecule has 4 nitrogen and oxygen atoms in total. The Kier molecular flexibility index (Phi) is 2.72. The first-order valence-corrected chi connectivity index (χ1v) is 4.97. The highest BCUT2D eigenvalue weighted by Crippen LogP contribution is 2.18. The summed E-state index contributed by atoms with van der Waals surface area (Å²) >= 11 is 0. The number of nitrogens with zero attached hydrogens (tertiary/aromatic N) is 1. The Morgan fingerprint density at radius 1 is 1.31 bits per heavy atom. The highest BCUT2D eigenvalue weighted by Gasteiger charge is 2.11. The highest BCUT2D eigenvalue weighted by molar-refractivity contribution is 6.02. The quantitative estimate of drug-likeness (QED) is 0.839. The van der Waals surface area contributed by atoms with Crippen molar-refractivity contribution in [2.24, 2.45) is 0 Å². The molecule has 1 aromatic heterocycles. The number of benzene rings is 1. The fraction of sp³-hybridized carbons (Fsp3) is 0.167. The molecular weight excluding hydrogens is 204 g/mol. The summed E-state index contributed by atoms with van der Waals surface area (Å²) in [7, 11) is 0. The van der Waals surface area contributed by atoms with E-state index in [-0.39, 0.29) is 11.7 Å². The number of rotatable bonds is 2. The van der Waals surface area contributed by atoms with Gasteiger partial charge in [-0.05, 0) is 31.0 Å². The van der Waals surface area contributed by atoms with E-state index in [1.807, 2.05) is 32.0 Å². The number of anilines is 1. The molecule has 0 aliphatic heterocycles. The molecule has 4 heteroatoms. The minimum atomic E-state index is -0.286. The SMILES string of the molecule is Cc1cccc(NC(=O)c2ccno2)c1C. The molecular formula is C12H12N2O2. The van der Waals surface area contributed by atoms with Gasteiger partial charge in [0.1, 0.15) is 0 Å². The van der Waals surface area contributed by atoms with Gasteiger partial charge in [0.15, 0.2) is 0 Å². The molecule has 0 saturated heterocycles. The molecule has 1 aromatic carbocycles. The van der Waals surface area contributed by atoms with E-state index >= 15 is 0 Å². The molecule has 0 atom stereocenters. The molecule has 0 unspecified atom stereocenters. The molecule has 2 rings (SSSR count). The number of nitrogens with one attached hydrogen (secondary N) is 1. The molecule has 16 heavy (non-hydrogen) atoms. The van der Waals surface area contributed by atoms with E-state index < -0.39 is 0 Å². The minimum absolute atomic E-state index is 0.209. The highest BCUT2D eigenvalue weighted by atomic mass is 16.5. The zero-order valence-electron chi connectivity index (χ0n) is 9.15. The third-order valence-electron chi connectivity index (χ3n) is 2.51. The molecule has 1 heterocycles. The second kappa shape index (κ2) is 4.18.